The number of fused-ring (bicyclic) bond motifs is 1. The molecule has 0 radical (unpaired) electrons. The fraction of sp³-hybridized carbons (Fsp3) is 0.481. The van der Waals surface area contributed by atoms with Gasteiger partial charge in [-0.25, -0.2) is 0 Å². The molecule has 2 N–H and O–H groups in total. The summed E-state index contributed by atoms with van der Waals surface area (Å²) < 4.78 is 0. The largest absolute Gasteiger partial charge is 0.359 e. The monoisotopic (exact) mass is 417 g/mol. The Balaban J connectivity index is 1.57. The van der Waals surface area contributed by atoms with Gasteiger partial charge in [-0.3, -0.25) is 9.78 Å². The van der Waals surface area contributed by atoms with Crippen LogP contribution in [0.15, 0.2) is 36.5 Å². The zero-order chi connectivity index (χ0) is 22.0. The third-order valence-corrected chi connectivity index (χ3v) is 7.00. The SMILES string of the molecule is CNC(=O)CCC1CCC(c2ccc3[nH]c(-c4ccnc(C)c4)c(C(C)C)c3c2)CC1. The Labute approximate surface area is 185 Å². The van der Waals surface area contributed by atoms with Gasteiger partial charge in [0.2, 0.25) is 5.91 Å². The van der Waals surface area contributed by atoms with E-state index in [-0.39, 0.29) is 5.91 Å². The van der Waals surface area contributed by atoms with Crippen molar-refractivity contribution in [2.24, 2.45) is 5.92 Å². The number of hydrogen-bond acceptors (Lipinski definition) is 2. The molecule has 1 aliphatic carbocycles. The molecule has 1 aliphatic rings. The number of hydrogen-bond donors (Lipinski definition) is 2. The average Bonchev–Trinajstić information content (AvgIpc) is 3.17. The molecule has 0 unspecified atom stereocenters. The van der Waals surface area contributed by atoms with E-state index in [9.17, 15) is 4.79 Å². The maximum Gasteiger partial charge on any atom is 0.219 e. The average molecular weight is 418 g/mol. The number of pyridine rings is 1. The Bertz CT molecular complexity index is 1060. The van der Waals surface area contributed by atoms with Crippen LogP contribution in [-0.2, 0) is 4.79 Å². The maximum absolute atomic E-state index is 11.6. The van der Waals surface area contributed by atoms with Crippen LogP contribution in [0.5, 0.6) is 0 Å². The highest BCUT2D eigenvalue weighted by Gasteiger charge is 2.24. The lowest BCUT2D eigenvalue weighted by atomic mass is 9.77. The summed E-state index contributed by atoms with van der Waals surface area (Å²) in [4.78, 5) is 19.6. The molecular formula is C27H35N3O. The van der Waals surface area contributed by atoms with Crippen LogP contribution in [0.2, 0.25) is 0 Å². The molecule has 1 fully saturated rings. The topological polar surface area (TPSA) is 57.8 Å². The second kappa shape index (κ2) is 9.25. The molecule has 1 aromatic carbocycles. The number of benzene rings is 1. The van der Waals surface area contributed by atoms with Crippen molar-refractivity contribution in [2.45, 2.75) is 71.1 Å². The number of H-pyrrole nitrogens is 1. The van der Waals surface area contributed by atoms with E-state index in [2.05, 4.69) is 59.5 Å². The summed E-state index contributed by atoms with van der Waals surface area (Å²) in [7, 11) is 1.73. The van der Waals surface area contributed by atoms with Gasteiger partial charge in [0.25, 0.3) is 0 Å². The third-order valence-electron chi connectivity index (χ3n) is 7.00. The van der Waals surface area contributed by atoms with E-state index in [0.29, 0.717) is 24.2 Å². The van der Waals surface area contributed by atoms with Gasteiger partial charge in [0.05, 0.1) is 5.69 Å². The van der Waals surface area contributed by atoms with Crippen LogP contribution in [0, 0.1) is 12.8 Å². The first-order valence-corrected chi connectivity index (χ1v) is 11.8. The Kier molecular flexibility index (Phi) is 6.45. The first kappa shape index (κ1) is 21.6. The highest BCUT2D eigenvalue weighted by atomic mass is 16.1. The van der Waals surface area contributed by atoms with E-state index in [0.717, 1.165) is 12.1 Å². The summed E-state index contributed by atoms with van der Waals surface area (Å²) in [5, 5.41) is 4.10. The number of carbonyl (C=O) groups is 1. The Hall–Kier alpha value is -2.62. The van der Waals surface area contributed by atoms with Gasteiger partial charge in [0.15, 0.2) is 0 Å². The van der Waals surface area contributed by atoms with Crippen molar-refractivity contribution in [3.05, 3.63) is 53.3 Å². The molecular weight excluding hydrogens is 382 g/mol. The highest BCUT2D eigenvalue weighted by Crippen LogP contribution is 2.41. The predicted molar refractivity (Wildman–Crippen MR) is 128 cm³/mol. The molecule has 4 rings (SSSR count). The standard InChI is InChI=1S/C27H35N3O/c1-17(2)26-23-16-21(20-8-5-19(6-9-20)7-12-25(31)28-4)10-11-24(23)30-27(26)22-13-14-29-18(3)15-22/h10-11,13-17,19-20,30H,5-9,12H2,1-4H3,(H,28,31). The van der Waals surface area contributed by atoms with Crippen LogP contribution in [0.25, 0.3) is 22.2 Å². The number of rotatable bonds is 6. The Morgan fingerprint density at radius 2 is 1.94 bits per heavy atom. The predicted octanol–water partition coefficient (Wildman–Crippen LogP) is 6.46. The lowest BCUT2D eigenvalue weighted by Gasteiger charge is -2.29. The number of carbonyl (C=O) groups excluding carboxylic acids is 1. The number of nitrogens with zero attached hydrogens (tertiary/aromatic N) is 1. The molecule has 3 aromatic rings. The van der Waals surface area contributed by atoms with E-state index in [1.807, 2.05) is 13.1 Å². The second-order valence-corrected chi connectivity index (χ2v) is 9.49. The number of aryl methyl sites for hydroxylation is 1. The van der Waals surface area contributed by atoms with Gasteiger partial charge in [0, 0.05) is 41.8 Å². The summed E-state index contributed by atoms with van der Waals surface area (Å²) >= 11 is 0. The van der Waals surface area contributed by atoms with E-state index >= 15 is 0 Å². The van der Waals surface area contributed by atoms with Crippen LogP contribution < -0.4 is 5.32 Å². The van der Waals surface area contributed by atoms with Gasteiger partial charge in [-0.2, -0.15) is 0 Å². The Morgan fingerprint density at radius 1 is 1.16 bits per heavy atom. The van der Waals surface area contributed by atoms with Crippen molar-refractivity contribution in [1.82, 2.24) is 15.3 Å². The fourth-order valence-electron chi connectivity index (χ4n) is 5.26. The summed E-state index contributed by atoms with van der Waals surface area (Å²) in [5.41, 5.74) is 7.57. The molecule has 164 valence electrons. The summed E-state index contributed by atoms with van der Waals surface area (Å²) in [6.45, 7) is 6.61. The molecule has 1 saturated carbocycles. The van der Waals surface area contributed by atoms with E-state index in [1.54, 1.807) is 7.05 Å². The lowest BCUT2D eigenvalue weighted by molar-refractivity contribution is -0.120. The molecule has 1 amide bonds. The van der Waals surface area contributed by atoms with E-state index < -0.39 is 0 Å². The van der Waals surface area contributed by atoms with E-state index in [1.165, 1.54) is 59.0 Å². The van der Waals surface area contributed by atoms with Gasteiger partial charge in [0.1, 0.15) is 0 Å². The first-order chi connectivity index (χ1) is 15.0. The minimum atomic E-state index is 0.168. The second-order valence-electron chi connectivity index (χ2n) is 9.49. The van der Waals surface area contributed by atoms with Crippen molar-refractivity contribution < 1.29 is 4.79 Å². The number of aromatic amines is 1. The highest BCUT2D eigenvalue weighted by molar-refractivity contribution is 5.92. The minimum Gasteiger partial charge on any atom is -0.359 e. The van der Waals surface area contributed by atoms with Gasteiger partial charge < -0.3 is 10.3 Å². The summed E-state index contributed by atoms with van der Waals surface area (Å²) in [5.74, 6) is 1.92. The zero-order valence-electron chi connectivity index (χ0n) is 19.3. The van der Waals surface area contributed by atoms with Gasteiger partial charge in [-0.15, -0.1) is 0 Å². The van der Waals surface area contributed by atoms with Crippen molar-refractivity contribution in [3.63, 3.8) is 0 Å². The molecule has 0 atom stereocenters. The zero-order valence-corrected chi connectivity index (χ0v) is 19.3. The Morgan fingerprint density at radius 3 is 2.61 bits per heavy atom. The maximum atomic E-state index is 11.6. The molecule has 2 heterocycles. The molecule has 4 heteroatoms. The van der Waals surface area contributed by atoms with Crippen molar-refractivity contribution in [1.29, 1.82) is 0 Å². The quantitative estimate of drug-likeness (QED) is 0.483. The van der Waals surface area contributed by atoms with Crippen molar-refractivity contribution in [2.75, 3.05) is 7.05 Å². The number of aromatic nitrogens is 2. The summed E-state index contributed by atoms with van der Waals surface area (Å²) in [6.07, 6.45) is 8.49. The van der Waals surface area contributed by atoms with Crippen LogP contribution in [0.3, 0.4) is 0 Å². The molecule has 0 spiro atoms. The molecule has 0 aliphatic heterocycles. The smallest absolute Gasteiger partial charge is 0.219 e. The van der Waals surface area contributed by atoms with Gasteiger partial charge in [-0.05, 0) is 92.2 Å². The summed E-state index contributed by atoms with van der Waals surface area (Å²) in [6, 6.07) is 11.3. The van der Waals surface area contributed by atoms with Crippen molar-refractivity contribution >= 4 is 16.8 Å². The minimum absolute atomic E-state index is 0.168. The molecule has 2 aromatic heterocycles. The molecule has 0 saturated heterocycles. The molecule has 4 nitrogen and oxygen atoms in total. The van der Waals surface area contributed by atoms with Crippen LogP contribution in [0.1, 0.15) is 81.0 Å². The molecule has 0 bridgehead atoms. The molecule has 31 heavy (non-hydrogen) atoms. The fourth-order valence-corrected chi connectivity index (χ4v) is 5.26. The third kappa shape index (κ3) is 4.68. The van der Waals surface area contributed by atoms with E-state index in [4.69, 9.17) is 0 Å². The van der Waals surface area contributed by atoms with Gasteiger partial charge in [-0.1, -0.05) is 19.9 Å². The first-order valence-electron chi connectivity index (χ1n) is 11.8. The van der Waals surface area contributed by atoms with Crippen LogP contribution in [0.4, 0.5) is 0 Å². The lowest BCUT2D eigenvalue weighted by Crippen LogP contribution is -2.20. The number of amides is 1. The van der Waals surface area contributed by atoms with Crippen LogP contribution >= 0.6 is 0 Å². The van der Waals surface area contributed by atoms with Crippen molar-refractivity contribution in [3.8, 4) is 11.3 Å². The van der Waals surface area contributed by atoms with Gasteiger partial charge >= 0.3 is 0 Å². The normalized spacial score (nSPS) is 19.1. The van der Waals surface area contributed by atoms with Crippen LogP contribution in [-0.4, -0.2) is 22.9 Å². The number of nitrogens with one attached hydrogen (secondary N) is 2.